The number of alkyl halides is 3. The van der Waals surface area contributed by atoms with E-state index in [0.717, 1.165) is 42.2 Å². The highest BCUT2D eigenvalue weighted by molar-refractivity contribution is 7.89. The van der Waals surface area contributed by atoms with Crippen LogP contribution < -0.4 is 4.90 Å². The van der Waals surface area contributed by atoms with E-state index in [2.05, 4.69) is 0 Å². The number of aliphatic hydroxyl groups is 2. The molecule has 18 heteroatoms. The van der Waals surface area contributed by atoms with Crippen LogP contribution in [0.15, 0.2) is 59.5 Å². The van der Waals surface area contributed by atoms with E-state index in [1.54, 1.807) is 12.1 Å². The Bertz CT molecular complexity index is 2230. The van der Waals surface area contributed by atoms with Gasteiger partial charge in [0.2, 0.25) is 21.7 Å². The third-order valence-corrected chi connectivity index (χ3v) is 11.1. The molecule has 4 aromatic carbocycles. The number of nitrogens with zero attached hydrogens (tertiary/aromatic N) is 2. The number of halogens is 10. The second-order valence-corrected chi connectivity index (χ2v) is 16.3. The molecule has 1 aliphatic carbocycles. The smallest absolute Gasteiger partial charge is 0.364 e. The van der Waals surface area contributed by atoms with Crippen molar-refractivity contribution in [3.63, 3.8) is 0 Å². The van der Waals surface area contributed by atoms with Gasteiger partial charge in [0.1, 0.15) is 5.82 Å². The number of hydrogen-bond donors (Lipinski definition) is 2. The Morgan fingerprint density at radius 3 is 1.96 bits per heavy atom. The van der Waals surface area contributed by atoms with E-state index in [-0.39, 0.29) is 15.8 Å². The summed E-state index contributed by atoms with van der Waals surface area (Å²) in [7, 11) is -5.93. The molecule has 55 heavy (non-hydrogen) atoms. The fourth-order valence-corrected chi connectivity index (χ4v) is 7.53. The van der Waals surface area contributed by atoms with E-state index in [4.69, 9.17) is 11.6 Å². The van der Waals surface area contributed by atoms with Gasteiger partial charge in [-0.1, -0.05) is 62.7 Å². The summed E-state index contributed by atoms with van der Waals surface area (Å²) in [6.07, 6.45) is -6.14. The summed E-state index contributed by atoms with van der Waals surface area (Å²) >= 11 is 6.08. The van der Waals surface area contributed by atoms with E-state index in [1.807, 2.05) is 26.8 Å². The SMILES string of the molecule is CC(C)(C)c1cc(CN(C(=O)CN(Cc2ccc(F)cc2Cl)S(=O)(=O)c2c(F)c(F)c(F)c(F)c2F)c2ccc(C(O)O)c(C(F)(F)F)c2)cc(C2CC2)c1. The molecule has 0 saturated heterocycles. The van der Waals surface area contributed by atoms with Crippen molar-refractivity contribution in [2.45, 2.75) is 75.4 Å². The second kappa shape index (κ2) is 15.4. The zero-order valence-corrected chi connectivity index (χ0v) is 30.7. The van der Waals surface area contributed by atoms with E-state index in [1.165, 1.54) is 0 Å². The maximum Gasteiger partial charge on any atom is 0.416 e. The van der Waals surface area contributed by atoms with Gasteiger partial charge in [-0.05, 0) is 70.7 Å². The van der Waals surface area contributed by atoms with Gasteiger partial charge >= 0.3 is 6.18 Å². The number of hydrogen-bond acceptors (Lipinski definition) is 5. The number of anilines is 1. The summed E-state index contributed by atoms with van der Waals surface area (Å²) in [5, 5.41) is 18.9. The third kappa shape index (κ3) is 8.96. The maximum absolute atomic E-state index is 15.0. The molecular formula is C37H32ClF9N2O5S. The Kier molecular flexibility index (Phi) is 11.8. The number of carbonyl (C=O) groups excluding carboxylic acids is 1. The van der Waals surface area contributed by atoms with Crippen LogP contribution in [0.2, 0.25) is 5.02 Å². The van der Waals surface area contributed by atoms with Crippen molar-refractivity contribution in [3.05, 3.63) is 128 Å². The molecule has 0 bridgehead atoms. The van der Waals surface area contributed by atoms with Crippen molar-refractivity contribution in [2.75, 3.05) is 11.4 Å². The molecule has 2 N–H and O–H groups in total. The van der Waals surface area contributed by atoms with Gasteiger partial charge in [0.05, 0.1) is 18.7 Å². The second-order valence-electron chi connectivity index (χ2n) is 14.0. The quantitative estimate of drug-likeness (QED) is 0.0683. The Labute approximate surface area is 314 Å². The monoisotopic (exact) mass is 822 g/mol. The van der Waals surface area contributed by atoms with Crippen LogP contribution >= 0.6 is 11.6 Å². The topological polar surface area (TPSA) is 98.2 Å². The minimum Gasteiger partial charge on any atom is -0.364 e. The van der Waals surface area contributed by atoms with E-state index >= 15 is 8.78 Å². The van der Waals surface area contributed by atoms with Gasteiger partial charge in [-0.25, -0.2) is 34.8 Å². The number of rotatable bonds is 11. The van der Waals surface area contributed by atoms with Crippen molar-refractivity contribution in [1.82, 2.24) is 4.31 Å². The molecule has 0 aromatic heterocycles. The average Bonchev–Trinajstić information content (AvgIpc) is 3.94. The van der Waals surface area contributed by atoms with Gasteiger partial charge in [0, 0.05) is 22.8 Å². The van der Waals surface area contributed by atoms with Gasteiger partial charge in [-0.2, -0.15) is 17.5 Å². The molecule has 1 fully saturated rings. The van der Waals surface area contributed by atoms with Crippen LogP contribution in [0.4, 0.5) is 45.2 Å². The Morgan fingerprint density at radius 1 is 0.836 bits per heavy atom. The highest BCUT2D eigenvalue weighted by Crippen LogP contribution is 2.43. The lowest BCUT2D eigenvalue weighted by atomic mass is 9.84. The normalized spacial score (nSPS) is 13.9. The van der Waals surface area contributed by atoms with Crippen molar-refractivity contribution in [2.24, 2.45) is 0 Å². The van der Waals surface area contributed by atoms with Crippen LogP contribution in [-0.2, 0) is 39.5 Å². The summed E-state index contributed by atoms with van der Waals surface area (Å²) < 4.78 is 157. The molecule has 0 atom stereocenters. The van der Waals surface area contributed by atoms with Crippen LogP contribution in [0.5, 0.6) is 0 Å². The number of aliphatic hydroxyl groups excluding tert-OH is 1. The molecule has 0 aliphatic heterocycles. The molecule has 0 heterocycles. The van der Waals surface area contributed by atoms with Gasteiger partial charge < -0.3 is 15.1 Å². The molecule has 1 saturated carbocycles. The lowest BCUT2D eigenvalue weighted by Gasteiger charge is -2.30. The van der Waals surface area contributed by atoms with Crippen molar-refractivity contribution >= 4 is 33.2 Å². The fourth-order valence-electron chi connectivity index (χ4n) is 5.83. The molecule has 4 aromatic rings. The Morgan fingerprint density at radius 2 is 1.44 bits per heavy atom. The van der Waals surface area contributed by atoms with E-state index in [9.17, 15) is 54.2 Å². The van der Waals surface area contributed by atoms with Gasteiger partial charge in [-0.15, -0.1) is 0 Å². The van der Waals surface area contributed by atoms with Crippen LogP contribution in [-0.4, -0.2) is 35.4 Å². The summed E-state index contributed by atoms with van der Waals surface area (Å²) in [6.45, 7) is 2.49. The maximum atomic E-state index is 15.0. The van der Waals surface area contributed by atoms with Gasteiger partial charge in [0.15, 0.2) is 34.5 Å². The first-order valence-corrected chi connectivity index (χ1v) is 18.2. The zero-order chi connectivity index (χ0) is 40.9. The van der Waals surface area contributed by atoms with Crippen LogP contribution in [0.25, 0.3) is 0 Å². The molecule has 1 amide bonds. The lowest BCUT2D eigenvalue weighted by Crippen LogP contribution is -2.43. The molecular weight excluding hydrogens is 791 g/mol. The largest absolute Gasteiger partial charge is 0.416 e. The van der Waals surface area contributed by atoms with E-state index in [0.29, 0.717) is 28.7 Å². The number of sulfonamides is 1. The molecule has 5 rings (SSSR count). The molecule has 296 valence electrons. The molecule has 7 nitrogen and oxygen atoms in total. The van der Waals surface area contributed by atoms with Gasteiger partial charge in [-0.3, -0.25) is 4.79 Å². The fraction of sp³-hybridized carbons (Fsp3) is 0.324. The number of carbonyl (C=O) groups is 1. The van der Waals surface area contributed by atoms with Crippen molar-refractivity contribution in [1.29, 1.82) is 0 Å². The number of benzene rings is 4. The predicted octanol–water partition coefficient (Wildman–Crippen LogP) is 8.78. The minimum absolute atomic E-state index is 0.0164. The first kappa shape index (κ1) is 42.0. The third-order valence-electron chi connectivity index (χ3n) is 8.94. The molecule has 0 spiro atoms. The predicted molar refractivity (Wildman–Crippen MR) is 182 cm³/mol. The summed E-state index contributed by atoms with van der Waals surface area (Å²) in [5.41, 5.74) is -1.91. The first-order chi connectivity index (χ1) is 25.4. The summed E-state index contributed by atoms with van der Waals surface area (Å²) in [6, 6.07) is 9.74. The van der Waals surface area contributed by atoms with Crippen LogP contribution in [0.1, 0.15) is 79.2 Å². The summed E-state index contributed by atoms with van der Waals surface area (Å²) in [4.78, 5) is 12.7. The average molecular weight is 823 g/mol. The molecule has 0 radical (unpaired) electrons. The Hall–Kier alpha value is -4.16. The lowest BCUT2D eigenvalue weighted by molar-refractivity contribution is -0.142. The number of amides is 1. The van der Waals surface area contributed by atoms with Gasteiger partial charge in [0.25, 0.3) is 0 Å². The van der Waals surface area contributed by atoms with E-state index < -0.39 is 115 Å². The Balaban J connectivity index is 1.70. The minimum atomic E-state index is -5.93. The van der Waals surface area contributed by atoms with Crippen molar-refractivity contribution < 1.29 is 62.9 Å². The standard InChI is InChI=1S/C37H32ClF9N2O5S/c1-36(2,3)22-11-18(10-21(12-22)19-4-5-19)15-49(24-8-9-25(35(51)52)26(14-24)37(45,46)47)28(50)17-48(16-20-6-7-23(39)13-27(20)38)55(53,54)34-32(43)30(41)29(40)31(42)33(34)44/h6-14,19,35,51-52H,4-5,15-17H2,1-3H3. The highest BCUT2D eigenvalue weighted by Gasteiger charge is 2.40. The summed E-state index contributed by atoms with van der Waals surface area (Å²) in [5.74, 6) is -15.6. The van der Waals surface area contributed by atoms with Crippen LogP contribution in [0.3, 0.4) is 0 Å². The van der Waals surface area contributed by atoms with Crippen molar-refractivity contribution in [3.8, 4) is 0 Å². The van der Waals surface area contributed by atoms with Crippen LogP contribution in [0, 0.1) is 34.9 Å². The zero-order valence-electron chi connectivity index (χ0n) is 29.1. The first-order valence-electron chi connectivity index (χ1n) is 16.4. The molecule has 1 aliphatic rings. The molecule has 0 unspecified atom stereocenters. The highest BCUT2D eigenvalue weighted by atomic mass is 35.5.